The molecule has 1 aliphatic heterocycles. The van der Waals surface area contributed by atoms with Gasteiger partial charge >= 0.3 is 0 Å². The highest BCUT2D eigenvalue weighted by Gasteiger charge is 2.27. The molecular weight excluding hydrogens is 316 g/mol. The highest BCUT2D eigenvalue weighted by molar-refractivity contribution is 9.10. The van der Waals surface area contributed by atoms with Gasteiger partial charge in [0.05, 0.1) is 12.0 Å². The number of halogens is 2. The van der Waals surface area contributed by atoms with E-state index in [2.05, 4.69) is 22.5 Å². The molecule has 1 atom stereocenters. The molecule has 0 spiro atoms. The number of ketones is 1. The van der Waals surface area contributed by atoms with E-state index >= 15 is 0 Å². The summed E-state index contributed by atoms with van der Waals surface area (Å²) < 4.78 is 6.68. The van der Waals surface area contributed by atoms with Crippen molar-refractivity contribution in [1.29, 1.82) is 0 Å². The summed E-state index contributed by atoms with van der Waals surface area (Å²) in [5.41, 5.74) is 1.52. The largest absolute Gasteiger partial charge is 0.485 e. The zero-order valence-corrected chi connectivity index (χ0v) is 12.2. The molecular formula is C14H12BrClO2. The van der Waals surface area contributed by atoms with E-state index < -0.39 is 0 Å². The number of allylic oxidation sites excluding steroid dienone is 2. The minimum absolute atomic E-state index is 0.0792. The maximum atomic E-state index is 12.1. The van der Waals surface area contributed by atoms with Gasteiger partial charge in [-0.3, -0.25) is 4.79 Å². The van der Waals surface area contributed by atoms with Crippen molar-refractivity contribution in [1.82, 2.24) is 0 Å². The van der Waals surface area contributed by atoms with Gasteiger partial charge in [0, 0.05) is 9.51 Å². The molecule has 0 aliphatic carbocycles. The van der Waals surface area contributed by atoms with Crippen molar-refractivity contribution in [3.8, 4) is 5.75 Å². The molecule has 18 heavy (non-hydrogen) atoms. The van der Waals surface area contributed by atoms with Gasteiger partial charge in [-0.05, 0) is 36.8 Å². The number of carbonyl (C=O) groups is 1. The summed E-state index contributed by atoms with van der Waals surface area (Å²) in [6, 6.07) is 5.44. The summed E-state index contributed by atoms with van der Waals surface area (Å²) >= 11 is 9.08. The number of ether oxygens (including phenoxy) is 1. The minimum atomic E-state index is -0.262. The molecule has 4 heteroatoms. The number of carbonyl (C=O) groups excluding carboxylic acids is 1. The third-order valence-corrected chi connectivity index (χ3v) is 3.38. The molecule has 1 aromatic carbocycles. The Hall–Kier alpha value is -1.06. The number of hydrogen-bond donors (Lipinski definition) is 0. The second-order valence-corrected chi connectivity index (χ2v) is 5.61. The second-order valence-electron chi connectivity index (χ2n) is 4.21. The molecule has 0 aromatic heterocycles. The summed E-state index contributed by atoms with van der Waals surface area (Å²) in [5, 5.41) is 0.435. The van der Waals surface area contributed by atoms with Crippen LogP contribution in [0.2, 0.25) is 0 Å². The Morgan fingerprint density at radius 2 is 2.33 bits per heavy atom. The van der Waals surface area contributed by atoms with Gasteiger partial charge in [-0.1, -0.05) is 34.1 Å². The summed E-state index contributed by atoms with van der Waals surface area (Å²) in [7, 11) is 0. The predicted molar refractivity (Wildman–Crippen MR) is 76.3 cm³/mol. The standard InChI is InChI=1S/C14H12BrClO2/c1-8(5-9(2)16)14-7-12(17)11-6-10(15)3-4-13(11)18-14/h3-6,14H,2,7H2,1H3/b8-5+. The van der Waals surface area contributed by atoms with Crippen LogP contribution in [-0.4, -0.2) is 11.9 Å². The molecule has 0 saturated heterocycles. The lowest BCUT2D eigenvalue weighted by atomic mass is 9.97. The third-order valence-electron chi connectivity index (χ3n) is 2.77. The van der Waals surface area contributed by atoms with Gasteiger partial charge in [0.25, 0.3) is 0 Å². The third kappa shape index (κ3) is 2.85. The van der Waals surface area contributed by atoms with Crippen LogP contribution in [0.25, 0.3) is 0 Å². The molecule has 0 radical (unpaired) electrons. The van der Waals surface area contributed by atoms with E-state index in [0.717, 1.165) is 10.0 Å². The van der Waals surface area contributed by atoms with E-state index in [4.69, 9.17) is 16.3 Å². The lowest BCUT2D eigenvalue weighted by Crippen LogP contribution is -2.27. The van der Waals surface area contributed by atoms with Crippen LogP contribution in [0.1, 0.15) is 23.7 Å². The Kier molecular flexibility index (Phi) is 3.93. The van der Waals surface area contributed by atoms with Crippen molar-refractivity contribution >= 4 is 33.3 Å². The fourth-order valence-corrected chi connectivity index (χ4v) is 2.42. The molecule has 0 fully saturated rings. The highest BCUT2D eigenvalue weighted by atomic mass is 79.9. The van der Waals surface area contributed by atoms with Crippen molar-refractivity contribution in [3.63, 3.8) is 0 Å². The smallest absolute Gasteiger partial charge is 0.170 e. The molecule has 1 aromatic rings. The van der Waals surface area contributed by atoms with E-state index in [9.17, 15) is 4.79 Å². The average molecular weight is 328 g/mol. The molecule has 0 saturated carbocycles. The lowest BCUT2D eigenvalue weighted by molar-refractivity contribution is 0.0884. The Bertz CT molecular complexity index is 549. The maximum Gasteiger partial charge on any atom is 0.170 e. The first-order valence-corrected chi connectivity index (χ1v) is 6.66. The summed E-state index contributed by atoms with van der Waals surface area (Å²) in [4.78, 5) is 12.1. The Morgan fingerprint density at radius 3 is 3.00 bits per heavy atom. The number of rotatable bonds is 2. The molecule has 0 bridgehead atoms. The molecule has 1 heterocycles. The fourth-order valence-electron chi connectivity index (χ4n) is 1.89. The predicted octanol–water partition coefficient (Wildman–Crippen LogP) is 4.48. The minimum Gasteiger partial charge on any atom is -0.485 e. The van der Waals surface area contributed by atoms with Gasteiger partial charge < -0.3 is 4.74 Å². The van der Waals surface area contributed by atoms with Crippen molar-refractivity contribution in [2.24, 2.45) is 0 Å². The quantitative estimate of drug-likeness (QED) is 0.749. The molecule has 0 N–H and O–H groups in total. The van der Waals surface area contributed by atoms with Crippen molar-refractivity contribution in [3.05, 3.63) is 51.5 Å². The number of Topliss-reactive ketones (excluding diaryl/α,β-unsaturated/α-hetero) is 1. The number of benzene rings is 1. The fraction of sp³-hybridized carbons (Fsp3) is 0.214. The van der Waals surface area contributed by atoms with Gasteiger partial charge in [-0.2, -0.15) is 0 Å². The van der Waals surface area contributed by atoms with Crippen LogP contribution >= 0.6 is 27.5 Å². The SMILES string of the molecule is C=C(Cl)/C=C(\C)C1CC(=O)c2cc(Br)ccc2O1. The van der Waals surface area contributed by atoms with Crippen LogP contribution < -0.4 is 4.74 Å². The Labute approximate surface area is 119 Å². The zero-order valence-electron chi connectivity index (χ0n) is 9.87. The molecule has 1 aliphatic rings. The number of hydrogen-bond acceptors (Lipinski definition) is 2. The van der Waals surface area contributed by atoms with Crippen LogP contribution in [0.4, 0.5) is 0 Å². The first-order valence-electron chi connectivity index (χ1n) is 5.49. The van der Waals surface area contributed by atoms with Gasteiger partial charge in [-0.15, -0.1) is 0 Å². The number of fused-ring (bicyclic) bond motifs is 1. The summed E-state index contributed by atoms with van der Waals surface area (Å²) in [5.74, 6) is 0.697. The first kappa shape index (κ1) is 13.4. The van der Waals surface area contributed by atoms with E-state index in [1.54, 1.807) is 18.2 Å². The molecule has 0 amide bonds. The monoisotopic (exact) mass is 326 g/mol. The van der Waals surface area contributed by atoms with Crippen LogP contribution in [-0.2, 0) is 0 Å². The molecule has 94 valence electrons. The van der Waals surface area contributed by atoms with Gasteiger partial charge in [0.2, 0.25) is 0 Å². The van der Waals surface area contributed by atoms with Gasteiger partial charge in [0.1, 0.15) is 11.9 Å². The summed E-state index contributed by atoms with van der Waals surface area (Å²) in [6.07, 6.45) is 1.79. The van der Waals surface area contributed by atoms with Gasteiger partial charge in [-0.25, -0.2) is 0 Å². The first-order chi connectivity index (χ1) is 8.47. The maximum absolute atomic E-state index is 12.1. The van der Waals surface area contributed by atoms with E-state index in [1.807, 2.05) is 13.0 Å². The van der Waals surface area contributed by atoms with Crippen molar-refractivity contribution in [2.75, 3.05) is 0 Å². The second kappa shape index (κ2) is 5.29. The van der Waals surface area contributed by atoms with E-state index in [-0.39, 0.29) is 11.9 Å². The normalized spacial score (nSPS) is 19.2. The van der Waals surface area contributed by atoms with Crippen LogP contribution in [0, 0.1) is 0 Å². The Balaban J connectivity index is 2.31. The highest BCUT2D eigenvalue weighted by Crippen LogP contribution is 2.32. The van der Waals surface area contributed by atoms with Crippen molar-refractivity contribution < 1.29 is 9.53 Å². The van der Waals surface area contributed by atoms with E-state index in [1.165, 1.54) is 0 Å². The molecule has 1 unspecified atom stereocenters. The molecule has 2 nitrogen and oxygen atoms in total. The van der Waals surface area contributed by atoms with Crippen molar-refractivity contribution in [2.45, 2.75) is 19.4 Å². The Morgan fingerprint density at radius 1 is 1.61 bits per heavy atom. The van der Waals surface area contributed by atoms with Gasteiger partial charge in [0.15, 0.2) is 5.78 Å². The van der Waals surface area contributed by atoms with Crippen LogP contribution in [0.3, 0.4) is 0 Å². The zero-order chi connectivity index (χ0) is 13.3. The van der Waals surface area contributed by atoms with E-state index in [0.29, 0.717) is 22.8 Å². The topological polar surface area (TPSA) is 26.3 Å². The van der Waals surface area contributed by atoms with Crippen LogP contribution in [0.5, 0.6) is 5.75 Å². The molecule has 2 rings (SSSR count). The average Bonchev–Trinajstić information content (AvgIpc) is 2.29. The lowest BCUT2D eigenvalue weighted by Gasteiger charge is -2.26. The summed E-state index contributed by atoms with van der Waals surface area (Å²) in [6.45, 7) is 5.49. The van der Waals surface area contributed by atoms with Crippen LogP contribution in [0.15, 0.2) is 45.9 Å².